The molecular formula is C45H44N6O8. The predicted molar refractivity (Wildman–Crippen MR) is 215 cm³/mol. The molecular weight excluding hydrogens is 753 g/mol. The minimum absolute atomic E-state index is 0.180. The lowest BCUT2D eigenvalue weighted by Gasteiger charge is -2.35. The van der Waals surface area contributed by atoms with Crippen molar-refractivity contribution in [1.82, 2.24) is 20.0 Å². The van der Waals surface area contributed by atoms with Gasteiger partial charge in [0.05, 0.1) is 23.5 Å². The van der Waals surface area contributed by atoms with E-state index in [0.29, 0.717) is 44.5 Å². The van der Waals surface area contributed by atoms with Crippen LogP contribution in [0.3, 0.4) is 0 Å². The number of hydrogen-bond acceptors (Lipinski definition) is 9. The van der Waals surface area contributed by atoms with Crippen molar-refractivity contribution in [2.45, 2.75) is 62.8 Å². The Hall–Kier alpha value is -7.09. The van der Waals surface area contributed by atoms with Crippen LogP contribution in [0.5, 0.6) is 0 Å². The third kappa shape index (κ3) is 7.44. The van der Waals surface area contributed by atoms with Gasteiger partial charge in [-0.15, -0.1) is 0 Å². The van der Waals surface area contributed by atoms with Gasteiger partial charge in [0, 0.05) is 43.6 Å². The van der Waals surface area contributed by atoms with Gasteiger partial charge in [0.1, 0.15) is 0 Å². The minimum atomic E-state index is -2.31. The summed E-state index contributed by atoms with van der Waals surface area (Å²) >= 11 is 0. The van der Waals surface area contributed by atoms with Crippen LogP contribution < -0.4 is 11.5 Å². The Morgan fingerprint density at radius 1 is 0.610 bits per heavy atom. The molecule has 302 valence electrons. The predicted octanol–water partition coefficient (Wildman–Crippen LogP) is 4.96. The molecule has 7 rings (SSSR count). The first-order chi connectivity index (χ1) is 28.4. The molecule has 14 heteroatoms. The van der Waals surface area contributed by atoms with Crippen LogP contribution >= 0.6 is 0 Å². The summed E-state index contributed by atoms with van der Waals surface area (Å²) in [5.74, 6) is -5.15. The summed E-state index contributed by atoms with van der Waals surface area (Å²) in [6.45, 7) is 2.97. The Morgan fingerprint density at radius 2 is 1.02 bits per heavy atom. The molecule has 4 atom stereocenters. The lowest BCUT2D eigenvalue weighted by atomic mass is 9.90. The van der Waals surface area contributed by atoms with E-state index in [1.165, 1.54) is 0 Å². The molecule has 0 spiro atoms. The third-order valence-electron chi connectivity index (χ3n) is 11.1. The van der Waals surface area contributed by atoms with Crippen LogP contribution in [0.4, 0.5) is 0 Å². The van der Waals surface area contributed by atoms with E-state index in [2.05, 4.69) is 10.2 Å². The lowest BCUT2D eigenvalue weighted by molar-refractivity contribution is -0.179. The highest BCUT2D eigenvalue weighted by Gasteiger charge is 2.55. The molecule has 5 aromatic rings. The van der Waals surface area contributed by atoms with E-state index in [1.54, 1.807) is 70.5 Å². The molecule has 0 bridgehead atoms. The average Bonchev–Trinajstić information content (AvgIpc) is 4.04. The number of aromatic nitrogens is 2. The molecule has 1 aromatic heterocycles. The van der Waals surface area contributed by atoms with Gasteiger partial charge in [-0.1, -0.05) is 109 Å². The number of rotatable bonds is 12. The summed E-state index contributed by atoms with van der Waals surface area (Å²) in [5.41, 5.74) is 12.2. The van der Waals surface area contributed by atoms with Crippen molar-refractivity contribution in [2.75, 3.05) is 13.1 Å². The highest BCUT2D eigenvalue weighted by atomic mass is 16.6. The maximum Gasteiger partial charge on any atom is 0.304 e. The lowest BCUT2D eigenvalue weighted by Crippen LogP contribution is -2.56. The summed E-state index contributed by atoms with van der Waals surface area (Å²) in [6.07, 6.45) is 2.62. The first-order valence-corrected chi connectivity index (χ1v) is 19.3. The molecule has 2 aliphatic heterocycles. The van der Waals surface area contributed by atoms with Gasteiger partial charge in [-0.3, -0.25) is 33.9 Å². The van der Waals surface area contributed by atoms with Crippen molar-refractivity contribution in [2.24, 2.45) is 11.5 Å². The maximum absolute atomic E-state index is 14.2. The Balaban J connectivity index is 1.08. The standard InChI is InChI=1S/C45H44N6O8/c1-28(52)58-44(40(46)54,34-11-5-3-6-12-34)42(56)50-25-9-15-38(50)32-21-17-30(18-22-32)36-27-37(49-48-36)31-19-23-33(24-20-31)39-16-10-26-51(39)43(57)45(41(47)55,59-29(2)53)35-13-7-4-8-14-35/h3-8,11-14,17-24,27,38-39H,9-10,15-16,25-26H2,1-2H3,(H2,46,54)(H2,47,55)(H,48,49)/t38-,39-,44-,45-/m0/s1. The maximum atomic E-state index is 14.2. The summed E-state index contributed by atoms with van der Waals surface area (Å²) in [4.78, 5) is 82.1. The molecule has 5 N–H and O–H groups in total. The van der Waals surface area contributed by atoms with Crippen molar-refractivity contribution in [3.8, 4) is 22.5 Å². The highest BCUT2D eigenvalue weighted by Crippen LogP contribution is 2.40. The number of nitrogens with two attached hydrogens (primary N) is 2. The number of primary amides is 2. The van der Waals surface area contributed by atoms with E-state index in [0.717, 1.165) is 41.8 Å². The number of carbonyl (C=O) groups excluding carboxylic acids is 6. The van der Waals surface area contributed by atoms with Crippen molar-refractivity contribution in [1.29, 1.82) is 0 Å². The first kappa shape index (κ1) is 40.1. The first-order valence-electron chi connectivity index (χ1n) is 19.3. The molecule has 0 saturated carbocycles. The van der Waals surface area contributed by atoms with Gasteiger partial charge in [0.25, 0.3) is 34.8 Å². The number of nitrogens with zero attached hydrogens (tertiary/aromatic N) is 3. The third-order valence-corrected chi connectivity index (χ3v) is 11.1. The van der Waals surface area contributed by atoms with E-state index < -0.39 is 46.8 Å². The summed E-state index contributed by atoms with van der Waals surface area (Å²) < 4.78 is 11.0. The number of esters is 2. The fraction of sp³-hybridized carbons (Fsp3) is 0.267. The summed E-state index contributed by atoms with van der Waals surface area (Å²) in [5, 5.41) is 7.65. The molecule has 59 heavy (non-hydrogen) atoms. The van der Waals surface area contributed by atoms with E-state index in [-0.39, 0.29) is 23.2 Å². The van der Waals surface area contributed by atoms with E-state index in [1.807, 2.05) is 54.6 Å². The molecule has 0 radical (unpaired) electrons. The van der Waals surface area contributed by atoms with Gasteiger partial charge >= 0.3 is 11.9 Å². The van der Waals surface area contributed by atoms with Crippen LogP contribution in [0.2, 0.25) is 0 Å². The average molecular weight is 797 g/mol. The van der Waals surface area contributed by atoms with Crippen LogP contribution in [0, 0.1) is 0 Å². The number of benzene rings is 4. The second-order valence-electron chi connectivity index (χ2n) is 14.7. The van der Waals surface area contributed by atoms with Crippen LogP contribution in [-0.4, -0.2) is 68.7 Å². The zero-order chi connectivity index (χ0) is 41.9. The topological polar surface area (TPSA) is 208 Å². The largest absolute Gasteiger partial charge is 0.434 e. The molecule has 2 saturated heterocycles. The Bertz CT molecular complexity index is 2220. The zero-order valence-corrected chi connectivity index (χ0v) is 32.6. The van der Waals surface area contributed by atoms with Crippen LogP contribution in [-0.2, 0) is 49.4 Å². The molecule has 2 aliphatic rings. The molecule has 4 amide bonds. The van der Waals surface area contributed by atoms with Crippen molar-refractivity contribution in [3.05, 3.63) is 138 Å². The number of ether oxygens (including phenoxy) is 2. The van der Waals surface area contributed by atoms with Crippen molar-refractivity contribution >= 4 is 35.6 Å². The van der Waals surface area contributed by atoms with Gasteiger partial charge in [0.2, 0.25) is 0 Å². The monoisotopic (exact) mass is 796 g/mol. The second-order valence-corrected chi connectivity index (χ2v) is 14.7. The fourth-order valence-corrected chi connectivity index (χ4v) is 8.32. The Kier molecular flexibility index (Phi) is 11.2. The number of likely N-dealkylation sites (tertiary alicyclic amines) is 2. The SMILES string of the molecule is CC(=O)O[C@@](C(N)=O)(C(=O)N1CCC[C@H]1c1ccc(-c2cc(-c3ccc([C@@H]4CCCN4C(=O)[C@@](OC(C)=O)(C(N)=O)c4ccccc4)cc3)[nH]n2)cc1)c1ccccc1. The number of amides is 4. The number of carbonyl (C=O) groups is 6. The molecule has 14 nitrogen and oxygen atoms in total. The van der Waals surface area contributed by atoms with Crippen molar-refractivity contribution in [3.63, 3.8) is 0 Å². The highest BCUT2D eigenvalue weighted by molar-refractivity contribution is 6.11. The zero-order valence-electron chi connectivity index (χ0n) is 32.6. The molecule has 3 heterocycles. The number of hydrogen-bond donors (Lipinski definition) is 3. The minimum Gasteiger partial charge on any atom is -0.434 e. The molecule has 4 aromatic carbocycles. The van der Waals surface area contributed by atoms with Crippen LogP contribution in [0.15, 0.2) is 115 Å². The normalized spacial score (nSPS) is 18.3. The van der Waals surface area contributed by atoms with Crippen LogP contribution in [0.1, 0.15) is 73.9 Å². The summed E-state index contributed by atoms with van der Waals surface area (Å²) in [6, 6.07) is 32.7. The smallest absolute Gasteiger partial charge is 0.304 e. The van der Waals surface area contributed by atoms with Gasteiger partial charge in [0.15, 0.2) is 0 Å². The molecule has 2 fully saturated rings. The molecule has 0 aliphatic carbocycles. The summed E-state index contributed by atoms with van der Waals surface area (Å²) in [7, 11) is 0. The fourth-order valence-electron chi connectivity index (χ4n) is 8.32. The van der Waals surface area contributed by atoms with Gasteiger partial charge in [-0.2, -0.15) is 5.10 Å². The second kappa shape index (κ2) is 16.4. The Labute approximate surface area is 340 Å². The van der Waals surface area contributed by atoms with E-state index in [9.17, 15) is 28.8 Å². The van der Waals surface area contributed by atoms with Crippen LogP contribution in [0.25, 0.3) is 22.5 Å². The van der Waals surface area contributed by atoms with Crippen molar-refractivity contribution < 1.29 is 38.2 Å². The van der Waals surface area contributed by atoms with E-state index in [4.69, 9.17) is 20.9 Å². The van der Waals surface area contributed by atoms with Gasteiger partial charge in [-0.25, -0.2) is 0 Å². The number of aromatic amines is 1. The number of H-pyrrole nitrogens is 1. The van der Waals surface area contributed by atoms with Gasteiger partial charge < -0.3 is 30.7 Å². The van der Waals surface area contributed by atoms with E-state index >= 15 is 0 Å². The quantitative estimate of drug-likeness (QED) is 0.115. The Morgan fingerprint density at radius 3 is 1.41 bits per heavy atom. The van der Waals surface area contributed by atoms with Gasteiger partial charge in [-0.05, 0) is 48.4 Å². The molecule has 0 unspecified atom stereocenters. The number of nitrogens with one attached hydrogen (secondary N) is 1.